The molecule has 2 nitrogen and oxygen atoms in total. The van der Waals surface area contributed by atoms with Gasteiger partial charge in [-0.05, 0) is 36.6 Å². The summed E-state index contributed by atoms with van der Waals surface area (Å²) in [6, 6.07) is 0. The van der Waals surface area contributed by atoms with E-state index < -0.39 is 0 Å². The first-order chi connectivity index (χ1) is 8.19. The third kappa shape index (κ3) is 2.39. The molecule has 2 heterocycles. The van der Waals surface area contributed by atoms with Crippen molar-refractivity contribution < 1.29 is 0 Å². The highest BCUT2D eigenvalue weighted by atomic mass is 15.2. The zero-order valence-electron chi connectivity index (χ0n) is 11.6. The van der Waals surface area contributed by atoms with Gasteiger partial charge in [-0.2, -0.15) is 0 Å². The summed E-state index contributed by atoms with van der Waals surface area (Å²) in [5, 5.41) is 0. The molecular weight excluding hydrogens is 208 g/mol. The molecule has 0 unspecified atom stereocenters. The van der Waals surface area contributed by atoms with Crippen LogP contribution in [0.2, 0.25) is 0 Å². The molecule has 0 radical (unpaired) electrons. The van der Waals surface area contributed by atoms with Crippen molar-refractivity contribution in [1.29, 1.82) is 0 Å². The third-order valence-corrected chi connectivity index (χ3v) is 5.45. The minimum Gasteiger partial charge on any atom is -0.303 e. The van der Waals surface area contributed by atoms with Gasteiger partial charge in [-0.25, -0.2) is 0 Å². The third-order valence-electron chi connectivity index (χ3n) is 5.45. The van der Waals surface area contributed by atoms with Gasteiger partial charge in [0.25, 0.3) is 0 Å². The van der Waals surface area contributed by atoms with Crippen LogP contribution in [0.3, 0.4) is 0 Å². The Morgan fingerprint density at radius 1 is 1.06 bits per heavy atom. The Morgan fingerprint density at radius 3 is 2.29 bits per heavy atom. The normalized spacial score (nSPS) is 31.4. The van der Waals surface area contributed by atoms with Crippen molar-refractivity contribution in [1.82, 2.24) is 9.80 Å². The van der Waals surface area contributed by atoms with Crippen LogP contribution >= 0.6 is 0 Å². The summed E-state index contributed by atoms with van der Waals surface area (Å²) in [5.74, 6) is 1.98. The second-order valence-electron chi connectivity index (χ2n) is 7.07. The van der Waals surface area contributed by atoms with Crippen LogP contribution < -0.4 is 0 Å². The quantitative estimate of drug-likeness (QED) is 0.742. The molecule has 0 amide bonds. The Balaban J connectivity index is 1.37. The monoisotopic (exact) mass is 236 g/mol. The molecular formula is C15H28N2. The first kappa shape index (κ1) is 12.0. The molecule has 0 aromatic rings. The molecule has 0 aromatic carbocycles. The average Bonchev–Trinajstić information content (AvgIpc) is 2.23. The van der Waals surface area contributed by atoms with Crippen molar-refractivity contribution in [2.75, 3.05) is 39.3 Å². The highest BCUT2D eigenvalue weighted by Gasteiger charge is 2.45. The molecule has 3 fully saturated rings. The molecule has 3 aliphatic rings. The van der Waals surface area contributed by atoms with E-state index in [4.69, 9.17) is 0 Å². The number of hydrogen-bond acceptors (Lipinski definition) is 2. The fourth-order valence-electron chi connectivity index (χ4n) is 4.14. The Kier molecular flexibility index (Phi) is 3.20. The molecule has 0 aromatic heterocycles. The molecule has 2 aliphatic heterocycles. The van der Waals surface area contributed by atoms with Crippen LogP contribution in [0.15, 0.2) is 0 Å². The Labute approximate surface area is 106 Å². The number of rotatable bonds is 3. The lowest BCUT2D eigenvalue weighted by molar-refractivity contribution is -0.0591. The van der Waals surface area contributed by atoms with E-state index in [1.807, 2.05) is 0 Å². The van der Waals surface area contributed by atoms with Crippen molar-refractivity contribution in [2.45, 2.75) is 39.5 Å². The largest absolute Gasteiger partial charge is 0.303 e. The summed E-state index contributed by atoms with van der Waals surface area (Å²) >= 11 is 0. The molecule has 1 saturated carbocycles. The zero-order chi connectivity index (χ0) is 11.9. The topological polar surface area (TPSA) is 6.48 Å². The van der Waals surface area contributed by atoms with Gasteiger partial charge in [0.15, 0.2) is 0 Å². The van der Waals surface area contributed by atoms with Gasteiger partial charge in [0.05, 0.1) is 0 Å². The van der Waals surface area contributed by atoms with E-state index in [9.17, 15) is 0 Å². The SMILES string of the molecule is CCN1CC(CN2CC3(CCC(C)CC3)C2)C1. The Morgan fingerprint density at radius 2 is 1.71 bits per heavy atom. The van der Waals surface area contributed by atoms with Crippen LogP contribution in [-0.2, 0) is 0 Å². The maximum Gasteiger partial charge on any atom is 0.00506 e. The van der Waals surface area contributed by atoms with Crippen LogP contribution in [0.25, 0.3) is 0 Å². The average molecular weight is 236 g/mol. The smallest absolute Gasteiger partial charge is 0.00506 e. The predicted octanol–water partition coefficient (Wildman–Crippen LogP) is 2.45. The summed E-state index contributed by atoms with van der Waals surface area (Å²) < 4.78 is 0. The van der Waals surface area contributed by atoms with Gasteiger partial charge < -0.3 is 9.80 Å². The summed E-state index contributed by atoms with van der Waals surface area (Å²) in [7, 11) is 0. The summed E-state index contributed by atoms with van der Waals surface area (Å²) in [5.41, 5.74) is 0.765. The summed E-state index contributed by atoms with van der Waals surface area (Å²) in [6.45, 7) is 12.9. The van der Waals surface area contributed by atoms with E-state index in [0.29, 0.717) is 0 Å². The highest BCUT2D eigenvalue weighted by Crippen LogP contribution is 2.45. The van der Waals surface area contributed by atoms with Gasteiger partial charge in [0.2, 0.25) is 0 Å². The first-order valence-electron chi connectivity index (χ1n) is 7.64. The minimum absolute atomic E-state index is 0.765. The summed E-state index contributed by atoms with van der Waals surface area (Å²) in [4.78, 5) is 5.29. The maximum atomic E-state index is 2.73. The van der Waals surface area contributed by atoms with Crippen LogP contribution in [0, 0.1) is 17.3 Å². The van der Waals surface area contributed by atoms with Gasteiger partial charge in [0, 0.05) is 32.7 Å². The molecule has 2 saturated heterocycles. The molecule has 0 bridgehead atoms. The minimum atomic E-state index is 0.765. The zero-order valence-corrected chi connectivity index (χ0v) is 11.6. The van der Waals surface area contributed by atoms with Gasteiger partial charge >= 0.3 is 0 Å². The van der Waals surface area contributed by atoms with Crippen LogP contribution in [0.1, 0.15) is 39.5 Å². The van der Waals surface area contributed by atoms with Gasteiger partial charge in [-0.3, -0.25) is 0 Å². The molecule has 98 valence electrons. The second kappa shape index (κ2) is 4.55. The lowest BCUT2D eigenvalue weighted by Crippen LogP contribution is -2.61. The Bertz CT molecular complexity index is 254. The van der Waals surface area contributed by atoms with E-state index in [1.54, 1.807) is 0 Å². The molecule has 1 aliphatic carbocycles. The van der Waals surface area contributed by atoms with E-state index in [1.165, 1.54) is 65.0 Å². The van der Waals surface area contributed by atoms with Gasteiger partial charge in [-0.15, -0.1) is 0 Å². The lowest BCUT2D eigenvalue weighted by atomic mass is 9.66. The molecule has 1 spiro atoms. The predicted molar refractivity (Wildman–Crippen MR) is 72.1 cm³/mol. The fourth-order valence-corrected chi connectivity index (χ4v) is 4.14. The van der Waals surface area contributed by atoms with Crippen LogP contribution in [0.4, 0.5) is 0 Å². The van der Waals surface area contributed by atoms with Crippen molar-refractivity contribution in [3.8, 4) is 0 Å². The van der Waals surface area contributed by atoms with Crippen molar-refractivity contribution in [3.63, 3.8) is 0 Å². The highest BCUT2D eigenvalue weighted by molar-refractivity contribution is 4.98. The maximum absolute atomic E-state index is 2.73. The van der Waals surface area contributed by atoms with E-state index in [-0.39, 0.29) is 0 Å². The van der Waals surface area contributed by atoms with Crippen molar-refractivity contribution in [3.05, 3.63) is 0 Å². The lowest BCUT2D eigenvalue weighted by Gasteiger charge is -2.55. The van der Waals surface area contributed by atoms with Crippen molar-refractivity contribution >= 4 is 0 Å². The number of likely N-dealkylation sites (tertiary alicyclic amines) is 2. The van der Waals surface area contributed by atoms with E-state index in [0.717, 1.165) is 17.3 Å². The first-order valence-corrected chi connectivity index (χ1v) is 7.64. The van der Waals surface area contributed by atoms with Crippen LogP contribution in [-0.4, -0.2) is 49.1 Å². The Hall–Kier alpha value is -0.0800. The molecule has 17 heavy (non-hydrogen) atoms. The van der Waals surface area contributed by atoms with E-state index >= 15 is 0 Å². The van der Waals surface area contributed by atoms with Gasteiger partial charge in [-0.1, -0.05) is 26.7 Å². The fraction of sp³-hybridized carbons (Fsp3) is 1.00. The van der Waals surface area contributed by atoms with Crippen molar-refractivity contribution in [2.24, 2.45) is 17.3 Å². The molecule has 0 N–H and O–H groups in total. The molecule has 3 rings (SSSR count). The van der Waals surface area contributed by atoms with E-state index in [2.05, 4.69) is 23.6 Å². The van der Waals surface area contributed by atoms with Gasteiger partial charge in [0.1, 0.15) is 0 Å². The second-order valence-corrected chi connectivity index (χ2v) is 7.07. The van der Waals surface area contributed by atoms with Crippen LogP contribution in [0.5, 0.6) is 0 Å². The number of hydrogen-bond donors (Lipinski definition) is 0. The number of nitrogens with zero attached hydrogens (tertiary/aromatic N) is 2. The summed E-state index contributed by atoms with van der Waals surface area (Å²) in [6.07, 6.45) is 5.99. The molecule has 0 atom stereocenters. The standard InChI is InChI=1S/C15H28N2/c1-3-16-8-14(9-16)10-17-11-15(12-17)6-4-13(2)5-7-15/h13-14H,3-12H2,1-2H3. The molecule has 2 heteroatoms.